The summed E-state index contributed by atoms with van der Waals surface area (Å²) in [5, 5.41) is 10.6. The van der Waals surface area contributed by atoms with Gasteiger partial charge >= 0.3 is 0 Å². The third-order valence-corrected chi connectivity index (χ3v) is 4.15. The van der Waals surface area contributed by atoms with Crippen molar-refractivity contribution in [3.05, 3.63) is 23.8 Å². The van der Waals surface area contributed by atoms with Crippen LogP contribution in [0.1, 0.15) is 31.2 Å². The van der Waals surface area contributed by atoms with Crippen molar-refractivity contribution in [3.63, 3.8) is 0 Å². The molecule has 5 nitrogen and oxygen atoms in total. The minimum absolute atomic E-state index is 0.0000633. The van der Waals surface area contributed by atoms with Gasteiger partial charge in [-0.3, -0.25) is 0 Å². The molecule has 122 valence electrons. The molecule has 0 spiro atoms. The fourth-order valence-corrected chi connectivity index (χ4v) is 2.85. The summed E-state index contributed by atoms with van der Waals surface area (Å²) in [5.41, 5.74) is 0.888. The fourth-order valence-electron chi connectivity index (χ4n) is 2.85. The summed E-state index contributed by atoms with van der Waals surface area (Å²) < 4.78 is 11.1. The van der Waals surface area contributed by atoms with Gasteiger partial charge in [-0.05, 0) is 43.7 Å². The van der Waals surface area contributed by atoms with Crippen molar-refractivity contribution in [2.24, 2.45) is 0 Å². The minimum atomic E-state index is -1.04. The molecule has 0 atom stereocenters. The van der Waals surface area contributed by atoms with Crippen molar-refractivity contribution in [2.45, 2.75) is 32.1 Å². The van der Waals surface area contributed by atoms with E-state index < -0.39 is 5.97 Å². The number of carbonyl (C=O) groups excluding carboxylic acids is 1. The lowest BCUT2D eigenvalue weighted by Gasteiger charge is -2.23. The second-order valence-electron chi connectivity index (χ2n) is 5.75. The smallest absolute Gasteiger partial charge is 0.137 e. The Kier molecular flexibility index (Phi) is 6.52. The van der Waals surface area contributed by atoms with E-state index in [2.05, 4.69) is 0 Å². The second kappa shape index (κ2) is 8.63. The summed E-state index contributed by atoms with van der Waals surface area (Å²) in [6.45, 7) is 4.07. The molecular weight excluding hydrogens is 282 g/mol. The van der Waals surface area contributed by atoms with Gasteiger partial charge in [0.25, 0.3) is 0 Å². The number of likely N-dealkylation sites (tertiary alicyclic amines) is 1. The lowest BCUT2D eigenvalue weighted by molar-refractivity contribution is -0.904. The van der Waals surface area contributed by atoms with Crippen LogP contribution in [0.5, 0.6) is 11.5 Å². The Morgan fingerprint density at radius 3 is 2.73 bits per heavy atom. The van der Waals surface area contributed by atoms with Crippen molar-refractivity contribution >= 4 is 5.97 Å². The van der Waals surface area contributed by atoms with Crippen LogP contribution >= 0.6 is 0 Å². The van der Waals surface area contributed by atoms with Gasteiger partial charge in [0.2, 0.25) is 0 Å². The molecule has 1 aromatic rings. The van der Waals surface area contributed by atoms with Crippen LogP contribution in [0.2, 0.25) is 0 Å². The van der Waals surface area contributed by atoms with Gasteiger partial charge in [0.1, 0.15) is 24.7 Å². The van der Waals surface area contributed by atoms with Crippen LogP contribution in [0.15, 0.2) is 18.2 Å². The molecule has 1 aromatic carbocycles. The average Bonchev–Trinajstić information content (AvgIpc) is 2.54. The molecule has 1 fully saturated rings. The van der Waals surface area contributed by atoms with Gasteiger partial charge in [0.15, 0.2) is 0 Å². The molecule has 1 aliphatic rings. The molecule has 1 heterocycles. The number of carboxylic acids is 1. The SMILES string of the molecule is COc1ccc(CCC(=O)[O-])c(OCC[NH+]2CCCCC2)c1. The third-order valence-electron chi connectivity index (χ3n) is 4.15. The van der Waals surface area contributed by atoms with E-state index >= 15 is 0 Å². The van der Waals surface area contributed by atoms with Crippen molar-refractivity contribution < 1.29 is 24.3 Å². The lowest BCUT2D eigenvalue weighted by atomic mass is 10.1. The largest absolute Gasteiger partial charge is 0.550 e. The minimum Gasteiger partial charge on any atom is -0.550 e. The standard InChI is InChI=1S/C17H25NO4/c1-21-15-7-5-14(6-8-17(19)20)16(13-15)22-12-11-18-9-3-2-4-10-18/h5,7,13H,2-4,6,8-12H2,1H3,(H,19,20). The first-order valence-corrected chi connectivity index (χ1v) is 8.02. The van der Waals surface area contributed by atoms with Crippen LogP contribution < -0.4 is 19.5 Å². The molecule has 5 heteroatoms. The molecule has 0 unspecified atom stereocenters. The highest BCUT2D eigenvalue weighted by molar-refractivity contribution is 5.64. The zero-order valence-electron chi connectivity index (χ0n) is 13.2. The van der Waals surface area contributed by atoms with E-state index in [0.717, 1.165) is 23.6 Å². The van der Waals surface area contributed by atoms with Crippen molar-refractivity contribution in [1.29, 1.82) is 0 Å². The Morgan fingerprint density at radius 1 is 1.27 bits per heavy atom. The van der Waals surface area contributed by atoms with Crippen LogP contribution in [0, 0.1) is 0 Å². The summed E-state index contributed by atoms with van der Waals surface area (Å²) in [6, 6.07) is 5.52. The van der Waals surface area contributed by atoms with E-state index in [4.69, 9.17) is 9.47 Å². The Bertz CT molecular complexity index is 484. The summed E-state index contributed by atoms with van der Waals surface area (Å²) in [5.74, 6) is 0.397. The van der Waals surface area contributed by atoms with Crippen LogP contribution in [-0.2, 0) is 11.2 Å². The number of ether oxygens (including phenoxy) is 2. The molecule has 1 N–H and O–H groups in total. The molecule has 0 bridgehead atoms. The van der Waals surface area contributed by atoms with Gasteiger partial charge in [-0.15, -0.1) is 0 Å². The fraction of sp³-hybridized carbons (Fsp3) is 0.588. The molecule has 0 amide bonds. The van der Waals surface area contributed by atoms with Gasteiger partial charge in [0, 0.05) is 12.0 Å². The van der Waals surface area contributed by atoms with E-state index in [1.807, 2.05) is 18.2 Å². The molecule has 22 heavy (non-hydrogen) atoms. The number of hydrogen-bond donors (Lipinski definition) is 1. The Balaban J connectivity index is 1.92. The van der Waals surface area contributed by atoms with Crippen LogP contribution in [0.4, 0.5) is 0 Å². The van der Waals surface area contributed by atoms with Gasteiger partial charge in [-0.2, -0.15) is 0 Å². The molecule has 2 rings (SSSR count). The molecule has 0 saturated carbocycles. The summed E-state index contributed by atoms with van der Waals surface area (Å²) >= 11 is 0. The number of methoxy groups -OCH3 is 1. The number of aliphatic carboxylic acids is 1. The molecule has 1 aliphatic heterocycles. The van der Waals surface area contributed by atoms with Crippen molar-refractivity contribution in [1.82, 2.24) is 0 Å². The summed E-state index contributed by atoms with van der Waals surface area (Å²) in [7, 11) is 1.61. The van der Waals surface area contributed by atoms with Gasteiger partial charge < -0.3 is 24.3 Å². The lowest BCUT2D eigenvalue weighted by Crippen LogP contribution is -3.13. The molecule has 0 radical (unpaired) electrons. The number of quaternary nitrogens is 1. The van der Waals surface area contributed by atoms with Crippen LogP contribution in [0.3, 0.4) is 0 Å². The van der Waals surface area contributed by atoms with E-state index in [1.54, 1.807) is 12.0 Å². The van der Waals surface area contributed by atoms with E-state index in [0.29, 0.717) is 13.0 Å². The molecule has 0 aliphatic carbocycles. The number of rotatable bonds is 8. The van der Waals surface area contributed by atoms with Crippen LogP contribution in [-0.4, -0.2) is 39.3 Å². The maximum Gasteiger partial charge on any atom is 0.137 e. The average molecular weight is 307 g/mol. The Hall–Kier alpha value is -1.75. The number of aryl methyl sites for hydroxylation is 1. The normalized spacial score (nSPS) is 15.5. The van der Waals surface area contributed by atoms with Crippen molar-refractivity contribution in [3.8, 4) is 11.5 Å². The van der Waals surface area contributed by atoms with Gasteiger partial charge in [-0.1, -0.05) is 6.07 Å². The highest BCUT2D eigenvalue weighted by Crippen LogP contribution is 2.25. The Morgan fingerprint density at radius 2 is 2.05 bits per heavy atom. The predicted octanol–water partition coefficient (Wildman–Crippen LogP) is -0.175. The molecule has 1 saturated heterocycles. The highest BCUT2D eigenvalue weighted by atomic mass is 16.5. The Labute approximate surface area is 131 Å². The maximum atomic E-state index is 10.6. The number of benzene rings is 1. The van der Waals surface area contributed by atoms with E-state index in [1.165, 1.54) is 32.4 Å². The third kappa shape index (κ3) is 5.22. The molecular formula is C17H25NO4. The first-order chi connectivity index (χ1) is 10.7. The molecule has 0 aromatic heterocycles. The highest BCUT2D eigenvalue weighted by Gasteiger charge is 2.14. The summed E-state index contributed by atoms with van der Waals surface area (Å²) in [6.07, 6.45) is 4.35. The monoisotopic (exact) mass is 307 g/mol. The number of piperidine rings is 1. The number of hydrogen-bond acceptors (Lipinski definition) is 4. The van der Waals surface area contributed by atoms with E-state index in [9.17, 15) is 9.90 Å². The van der Waals surface area contributed by atoms with Gasteiger partial charge in [-0.25, -0.2) is 0 Å². The van der Waals surface area contributed by atoms with Crippen molar-refractivity contribution in [2.75, 3.05) is 33.4 Å². The quantitative estimate of drug-likeness (QED) is 0.724. The summed E-state index contributed by atoms with van der Waals surface area (Å²) in [4.78, 5) is 12.2. The maximum absolute atomic E-state index is 10.6. The number of carboxylic acid groups (broad SMARTS) is 1. The zero-order valence-corrected chi connectivity index (χ0v) is 13.2. The van der Waals surface area contributed by atoms with E-state index in [-0.39, 0.29) is 6.42 Å². The first-order valence-electron chi connectivity index (χ1n) is 8.02. The first kappa shape index (κ1) is 16.6. The van der Waals surface area contributed by atoms with Gasteiger partial charge in [0.05, 0.1) is 20.2 Å². The topological polar surface area (TPSA) is 63.0 Å². The zero-order chi connectivity index (χ0) is 15.8. The predicted molar refractivity (Wildman–Crippen MR) is 81.2 cm³/mol. The second-order valence-corrected chi connectivity index (χ2v) is 5.75. The van der Waals surface area contributed by atoms with Crippen LogP contribution in [0.25, 0.3) is 0 Å². The number of nitrogens with one attached hydrogen (secondary N) is 1. The number of carbonyl (C=O) groups is 1.